The number of amides is 3. The van der Waals surface area contributed by atoms with Gasteiger partial charge in [-0.3, -0.25) is 23.9 Å². The molecule has 3 aromatic heterocycles. The van der Waals surface area contributed by atoms with Crippen LogP contribution in [0.3, 0.4) is 0 Å². The number of aryl methyl sites for hydroxylation is 2. The fraction of sp³-hybridized carbons (Fsp3) is 0.442. The first-order valence-electron chi connectivity index (χ1n) is 24.1. The molecule has 0 bridgehead atoms. The van der Waals surface area contributed by atoms with Crippen LogP contribution in [0.25, 0.3) is 27.0 Å². The number of thiazole rings is 1. The Morgan fingerprint density at radius 2 is 1.70 bits per heavy atom. The molecular formula is C52H60ClN9O5S2. The van der Waals surface area contributed by atoms with Crippen LogP contribution in [0.15, 0.2) is 71.0 Å². The van der Waals surface area contributed by atoms with Crippen molar-refractivity contribution in [2.45, 2.75) is 103 Å². The summed E-state index contributed by atoms with van der Waals surface area (Å²) in [6.07, 6.45) is 7.03. The minimum atomic E-state index is -0.560. The predicted octanol–water partition coefficient (Wildman–Crippen LogP) is 9.01. The number of hydrogen-bond donors (Lipinski definition) is 3. The van der Waals surface area contributed by atoms with Crippen molar-refractivity contribution in [2.75, 3.05) is 40.0 Å². The van der Waals surface area contributed by atoms with Crippen LogP contribution in [0.1, 0.15) is 109 Å². The number of rotatable bonds is 17. The molecule has 5 heterocycles. The predicted molar refractivity (Wildman–Crippen MR) is 273 cm³/mol. The van der Waals surface area contributed by atoms with Crippen LogP contribution >= 0.6 is 34.3 Å². The molecule has 4 atom stereocenters. The maximum atomic E-state index is 14.4. The third-order valence-corrected chi connectivity index (χ3v) is 16.2. The molecule has 1 saturated heterocycles. The number of likely N-dealkylation sites (N-methyl/N-ethyl adjacent to an activating group) is 1. The van der Waals surface area contributed by atoms with Crippen LogP contribution < -0.4 is 20.7 Å². The fourth-order valence-electron chi connectivity index (χ4n) is 9.86. The molecule has 362 valence electrons. The Labute approximate surface area is 416 Å². The van der Waals surface area contributed by atoms with Crippen LogP contribution in [-0.2, 0) is 19.1 Å². The number of aromatic nitrogens is 4. The molecular weight excluding hydrogens is 930 g/mol. The summed E-state index contributed by atoms with van der Waals surface area (Å²) in [5, 5.41) is 24.7. The summed E-state index contributed by atoms with van der Waals surface area (Å²) in [6, 6.07) is 18.2. The van der Waals surface area contributed by atoms with E-state index in [9.17, 15) is 14.4 Å². The first-order valence-corrected chi connectivity index (χ1v) is 26.2. The van der Waals surface area contributed by atoms with Gasteiger partial charge in [0, 0.05) is 50.4 Å². The maximum absolute atomic E-state index is 14.4. The molecule has 1 unspecified atom stereocenters. The third kappa shape index (κ3) is 10.4. The topological polar surface area (TPSA) is 165 Å². The molecule has 3 aliphatic rings. The Balaban J connectivity index is 0.801. The average molecular weight is 991 g/mol. The van der Waals surface area contributed by atoms with Crippen molar-refractivity contribution in [1.29, 1.82) is 0 Å². The van der Waals surface area contributed by atoms with Gasteiger partial charge in [-0.2, -0.15) is 0 Å². The largest absolute Gasteiger partial charge is 0.491 e. The van der Waals surface area contributed by atoms with E-state index in [1.807, 2.05) is 77.9 Å². The van der Waals surface area contributed by atoms with Crippen LogP contribution in [0.4, 0.5) is 0 Å². The summed E-state index contributed by atoms with van der Waals surface area (Å²) < 4.78 is 14.2. The van der Waals surface area contributed by atoms with E-state index in [4.69, 9.17) is 31.1 Å². The molecule has 1 aliphatic carbocycles. The Hall–Kier alpha value is -5.52. The Morgan fingerprint density at radius 3 is 2.48 bits per heavy atom. The van der Waals surface area contributed by atoms with Crippen molar-refractivity contribution < 1.29 is 23.9 Å². The summed E-state index contributed by atoms with van der Waals surface area (Å²) in [6.45, 7) is 9.89. The Kier molecular flexibility index (Phi) is 15.2. The normalized spacial score (nSPS) is 18.0. The number of halogens is 1. The van der Waals surface area contributed by atoms with Crippen LogP contribution in [-0.4, -0.2) is 100 Å². The number of carbonyl (C=O) groups is 3. The molecule has 6 aromatic rings. The van der Waals surface area contributed by atoms with E-state index in [-0.39, 0.29) is 42.1 Å². The average Bonchev–Trinajstić information content (AvgIpc) is 4.17. The van der Waals surface area contributed by atoms with Gasteiger partial charge in [-0.15, -0.1) is 32.9 Å². The molecule has 0 spiro atoms. The second-order valence-corrected chi connectivity index (χ2v) is 20.8. The van der Waals surface area contributed by atoms with Crippen LogP contribution in [0.5, 0.6) is 5.75 Å². The SMILES string of the molecule is CN[C@@H](C)C(=O)NC(C(=O)N1CCC[C@H]1c1nc(-c2ccc(OCCOCCNC(=O)C[C@@H]3N=C(c4ccc(Cl)cc4)c4c(sc(C)c4C)-n4c(C)nnc43)c3ccccc23)cs1)C1CCCCC1. The number of hydrogen-bond acceptors (Lipinski definition) is 12. The second-order valence-electron chi connectivity index (χ2n) is 18.2. The van der Waals surface area contributed by atoms with E-state index in [0.29, 0.717) is 43.8 Å². The highest BCUT2D eigenvalue weighted by Gasteiger charge is 2.40. The number of likely N-dealkylation sites (tertiary alicyclic amines) is 1. The lowest BCUT2D eigenvalue weighted by Crippen LogP contribution is -2.55. The first-order chi connectivity index (χ1) is 33.5. The van der Waals surface area contributed by atoms with E-state index in [1.54, 1.807) is 29.7 Å². The Bertz CT molecular complexity index is 2850. The van der Waals surface area contributed by atoms with E-state index < -0.39 is 12.1 Å². The minimum Gasteiger partial charge on any atom is -0.491 e. The molecule has 1 saturated carbocycles. The van der Waals surface area contributed by atoms with Crippen molar-refractivity contribution >= 4 is 68.5 Å². The summed E-state index contributed by atoms with van der Waals surface area (Å²) in [5.41, 5.74) is 5.72. The molecule has 3 N–H and O–H groups in total. The summed E-state index contributed by atoms with van der Waals surface area (Å²) in [4.78, 5) is 54.5. The van der Waals surface area contributed by atoms with Crippen molar-refractivity contribution in [3.05, 3.63) is 109 Å². The number of ether oxygens (including phenoxy) is 2. The van der Waals surface area contributed by atoms with Gasteiger partial charge in [0.15, 0.2) is 5.82 Å². The molecule has 2 fully saturated rings. The summed E-state index contributed by atoms with van der Waals surface area (Å²) in [7, 11) is 1.76. The number of nitrogens with one attached hydrogen (secondary N) is 3. The lowest BCUT2D eigenvalue weighted by atomic mass is 9.83. The van der Waals surface area contributed by atoms with Gasteiger partial charge in [-0.25, -0.2) is 4.98 Å². The van der Waals surface area contributed by atoms with Crippen molar-refractivity contribution in [3.8, 4) is 22.0 Å². The van der Waals surface area contributed by atoms with Gasteiger partial charge in [0.05, 0.1) is 43.1 Å². The maximum Gasteiger partial charge on any atom is 0.246 e. The number of carbonyl (C=O) groups excluding carboxylic acids is 3. The number of benzene rings is 3. The second kappa shape index (κ2) is 21.6. The summed E-state index contributed by atoms with van der Waals surface area (Å²) >= 11 is 9.53. The standard InChI is InChI=1S/C52H60ClN9O5S2/c1-30-32(3)69-52-45(30)46(35-17-19-36(53)20-18-35)56-40(48-60-59-33(4)62(48)52)28-44(63)55-23-25-66-26-27-67-43-22-21-38(37-14-9-10-15-39(37)43)41-29-68-50(57-41)42-16-11-24-61(42)51(65)47(34-12-7-6-8-13-34)58-49(64)31(2)54-5/h9-10,14-15,17-22,29,31,34,40,42,47,54H,6-8,11-13,16,23-28H2,1-5H3,(H,55,63)(H,58,64)/t31-,40-,42-,47?/m0/s1. The molecule has 2 aliphatic heterocycles. The van der Waals surface area contributed by atoms with Crippen molar-refractivity contribution in [1.82, 2.24) is 40.6 Å². The third-order valence-electron chi connectivity index (χ3n) is 13.8. The van der Waals surface area contributed by atoms with E-state index in [2.05, 4.69) is 51.4 Å². The van der Waals surface area contributed by atoms with E-state index >= 15 is 0 Å². The zero-order chi connectivity index (χ0) is 48.2. The molecule has 3 amide bonds. The zero-order valence-electron chi connectivity index (χ0n) is 39.8. The highest BCUT2D eigenvalue weighted by atomic mass is 35.5. The molecule has 17 heteroatoms. The van der Waals surface area contributed by atoms with Gasteiger partial charge in [0.1, 0.15) is 40.3 Å². The van der Waals surface area contributed by atoms with Gasteiger partial charge < -0.3 is 30.3 Å². The van der Waals surface area contributed by atoms with E-state index in [0.717, 1.165) is 105 Å². The Morgan fingerprint density at radius 1 is 0.913 bits per heavy atom. The zero-order valence-corrected chi connectivity index (χ0v) is 42.2. The fourth-order valence-corrected chi connectivity index (χ4v) is 12.2. The minimum absolute atomic E-state index is 0.00784. The smallest absolute Gasteiger partial charge is 0.246 e. The summed E-state index contributed by atoms with van der Waals surface area (Å²) in [5.74, 6) is 1.94. The number of fused-ring (bicyclic) bond motifs is 4. The highest BCUT2D eigenvalue weighted by Crippen LogP contribution is 2.42. The number of nitrogens with zero attached hydrogens (tertiary/aromatic N) is 6. The molecule has 3 aromatic carbocycles. The monoisotopic (exact) mass is 989 g/mol. The van der Waals surface area contributed by atoms with Crippen molar-refractivity contribution in [2.24, 2.45) is 10.9 Å². The van der Waals surface area contributed by atoms with Gasteiger partial charge >= 0.3 is 0 Å². The number of thiophene rings is 1. The molecule has 9 rings (SSSR count). The van der Waals surface area contributed by atoms with Crippen molar-refractivity contribution in [3.63, 3.8) is 0 Å². The quantitative estimate of drug-likeness (QED) is 0.0757. The lowest BCUT2D eigenvalue weighted by molar-refractivity contribution is -0.139. The van der Waals surface area contributed by atoms with Gasteiger partial charge in [0.2, 0.25) is 17.7 Å². The van der Waals surface area contributed by atoms with Gasteiger partial charge in [-0.1, -0.05) is 67.3 Å². The van der Waals surface area contributed by atoms with Gasteiger partial charge in [0.25, 0.3) is 0 Å². The first kappa shape index (κ1) is 48.5. The molecule has 0 radical (unpaired) electrons. The number of aliphatic imine (C=N–C) groups is 1. The van der Waals surface area contributed by atoms with Crippen LogP contribution in [0, 0.1) is 26.7 Å². The lowest BCUT2D eigenvalue weighted by Gasteiger charge is -2.35. The van der Waals surface area contributed by atoms with Crippen LogP contribution in [0.2, 0.25) is 5.02 Å². The van der Waals surface area contributed by atoms with E-state index in [1.165, 1.54) is 11.3 Å². The van der Waals surface area contributed by atoms with Gasteiger partial charge in [-0.05, 0) is 102 Å². The molecule has 14 nitrogen and oxygen atoms in total. The highest BCUT2D eigenvalue weighted by molar-refractivity contribution is 7.15. The molecule has 69 heavy (non-hydrogen) atoms.